The molecule has 4 aromatic rings. The number of hydrazine groups is 1. The summed E-state index contributed by atoms with van der Waals surface area (Å²) in [5.41, 5.74) is 3.43. The van der Waals surface area contributed by atoms with E-state index in [0.29, 0.717) is 22.1 Å². The standard InChI is InChI=1S/C22H23FN6O2S2/c1-14-25-26-22-19(24-2)11-15(13-28(14)22)17-12-16(29(27(3)4)33(30)31)9-10-20(17)32-21-8-6-5-7-18(21)23/h5-13,24H,1-4H3,(H,30,31)/p-1. The number of fused-ring (bicyclic) bond motifs is 1. The van der Waals surface area contributed by atoms with Gasteiger partial charge in [0.25, 0.3) is 0 Å². The molecule has 0 saturated carbocycles. The van der Waals surface area contributed by atoms with Gasteiger partial charge in [-0.05, 0) is 48.9 Å². The molecule has 0 amide bonds. The summed E-state index contributed by atoms with van der Waals surface area (Å²) in [5, 5.41) is 13.0. The first-order valence-corrected chi connectivity index (χ1v) is 11.8. The van der Waals surface area contributed by atoms with Crippen molar-refractivity contribution in [1.29, 1.82) is 0 Å². The van der Waals surface area contributed by atoms with E-state index >= 15 is 0 Å². The number of hydrogen-bond acceptors (Lipinski definition) is 7. The van der Waals surface area contributed by atoms with Gasteiger partial charge in [0.2, 0.25) is 0 Å². The number of halogens is 1. The first-order valence-electron chi connectivity index (χ1n) is 9.97. The van der Waals surface area contributed by atoms with E-state index in [1.165, 1.54) is 22.8 Å². The lowest BCUT2D eigenvalue weighted by atomic mass is 10.1. The fraction of sp³-hybridized carbons (Fsp3) is 0.182. The van der Waals surface area contributed by atoms with Crippen LogP contribution in [0.3, 0.4) is 0 Å². The first-order chi connectivity index (χ1) is 15.8. The van der Waals surface area contributed by atoms with E-state index in [4.69, 9.17) is 0 Å². The lowest BCUT2D eigenvalue weighted by Gasteiger charge is -2.32. The van der Waals surface area contributed by atoms with Crippen LogP contribution in [-0.2, 0) is 11.3 Å². The van der Waals surface area contributed by atoms with Crippen molar-refractivity contribution in [1.82, 2.24) is 19.6 Å². The Bertz CT molecular complexity index is 1340. The molecule has 11 heteroatoms. The normalized spacial score (nSPS) is 12.3. The van der Waals surface area contributed by atoms with Crippen LogP contribution in [0.15, 0.2) is 64.5 Å². The van der Waals surface area contributed by atoms with Gasteiger partial charge in [0.05, 0.1) is 22.6 Å². The molecule has 4 rings (SSSR count). The number of pyridine rings is 1. The molecule has 1 atom stereocenters. The second kappa shape index (κ2) is 9.48. The average molecular weight is 486 g/mol. The molecule has 8 nitrogen and oxygen atoms in total. The SMILES string of the molecule is CNc1cc(-c2cc(N(N(C)C)S(=O)[O-])ccc2Sc2ccccc2F)cn2c(C)nnc12. The predicted molar refractivity (Wildman–Crippen MR) is 128 cm³/mol. The smallest absolute Gasteiger partial charge is 0.184 e. The van der Waals surface area contributed by atoms with Crippen LogP contribution in [0, 0.1) is 12.7 Å². The maximum atomic E-state index is 14.4. The molecule has 2 heterocycles. The van der Waals surface area contributed by atoms with E-state index in [1.807, 2.05) is 23.6 Å². The highest BCUT2D eigenvalue weighted by molar-refractivity contribution is 7.99. The minimum Gasteiger partial charge on any atom is -0.754 e. The molecule has 0 bridgehead atoms. The molecular weight excluding hydrogens is 463 g/mol. The number of anilines is 2. The van der Waals surface area contributed by atoms with E-state index in [-0.39, 0.29) is 5.82 Å². The lowest BCUT2D eigenvalue weighted by Crippen LogP contribution is -2.38. The van der Waals surface area contributed by atoms with Gasteiger partial charge in [0.15, 0.2) is 5.65 Å². The molecule has 0 aliphatic heterocycles. The Morgan fingerprint density at radius 3 is 2.55 bits per heavy atom. The number of hydrogen-bond donors (Lipinski definition) is 1. The highest BCUT2D eigenvalue weighted by Gasteiger charge is 2.18. The molecule has 172 valence electrons. The number of nitrogens with one attached hydrogen (secondary N) is 1. The Hall–Kier alpha value is -2.99. The molecule has 0 spiro atoms. The molecule has 0 radical (unpaired) electrons. The predicted octanol–water partition coefficient (Wildman–Crippen LogP) is 4.11. The molecule has 0 saturated heterocycles. The fourth-order valence-corrected chi connectivity index (χ4v) is 5.01. The third-order valence-electron chi connectivity index (χ3n) is 5.00. The summed E-state index contributed by atoms with van der Waals surface area (Å²) < 4.78 is 41.2. The molecule has 33 heavy (non-hydrogen) atoms. The maximum absolute atomic E-state index is 14.4. The Balaban J connectivity index is 1.94. The lowest BCUT2D eigenvalue weighted by molar-refractivity contribution is 0.412. The molecule has 1 N–H and O–H groups in total. The second-order valence-corrected chi connectivity index (χ2v) is 9.25. The fourth-order valence-electron chi connectivity index (χ4n) is 3.48. The van der Waals surface area contributed by atoms with Gasteiger partial charge < -0.3 is 9.87 Å². The average Bonchev–Trinajstić information content (AvgIpc) is 3.16. The Morgan fingerprint density at radius 2 is 1.88 bits per heavy atom. The zero-order valence-electron chi connectivity index (χ0n) is 18.4. The number of rotatable bonds is 7. The van der Waals surface area contributed by atoms with Crippen molar-refractivity contribution in [2.45, 2.75) is 16.7 Å². The van der Waals surface area contributed by atoms with Crippen LogP contribution in [-0.4, -0.2) is 49.5 Å². The molecule has 0 aliphatic rings. The highest BCUT2D eigenvalue weighted by atomic mass is 32.2. The molecular formula is C22H22FN6O2S2-. The van der Waals surface area contributed by atoms with Gasteiger partial charge in [-0.2, -0.15) is 0 Å². The number of aryl methyl sites for hydroxylation is 1. The summed E-state index contributed by atoms with van der Waals surface area (Å²) in [6.07, 6.45) is 1.89. The third kappa shape index (κ3) is 4.58. The summed E-state index contributed by atoms with van der Waals surface area (Å²) in [4.78, 5) is 1.24. The number of aromatic nitrogens is 3. The minimum atomic E-state index is -2.52. The summed E-state index contributed by atoms with van der Waals surface area (Å²) in [6, 6.07) is 13.7. The Labute approximate surface area is 197 Å². The van der Waals surface area contributed by atoms with Crippen molar-refractivity contribution in [3.05, 3.63) is 66.4 Å². The summed E-state index contributed by atoms with van der Waals surface area (Å²) in [5.74, 6) is 0.382. The van der Waals surface area contributed by atoms with Crippen LogP contribution in [0.5, 0.6) is 0 Å². The van der Waals surface area contributed by atoms with Crippen molar-refractivity contribution in [3.63, 3.8) is 0 Å². The first kappa shape index (κ1) is 23.2. The van der Waals surface area contributed by atoms with Gasteiger partial charge >= 0.3 is 0 Å². The highest BCUT2D eigenvalue weighted by Crippen LogP contribution is 2.40. The van der Waals surface area contributed by atoms with E-state index < -0.39 is 11.3 Å². The van der Waals surface area contributed by atoms with Crippen LogP contribution in [0.25, 0.3) is 16.8 Å². The van der Waals surface area contributed by atoms with Gasteiger partial charge in [-0.15, -0.1) is 10.2 Å². The van der Waals surface area contributed by atoms with Gasteiger partial charge in [-0.1, -0.05) is 23.9 Å². The molecule has 0 aliphatic carbocycles. The van der Waals surface area contributed by atoms with Crippen molar-refractivity contribution in [3.8, 4) is 11.1 Å². The third-order valence-corrected chi connectivity index (χ3v) is 6.95. The molecule has 0 fully saturated rings. The van der Waals surface area contributed by atoms with E-state index in [0.717, 1.165) is 26.1 Å². The summed E-state index contributed by atoms with van der Waals surface area (Å²) in [6.45, 7) is 1.85. The van der Waals surface area contributed by atoms with Gasteiger partial charge in [0.1, 0.15) is 11.6 Å². The van der Waals surface area contributed by atoms with Crippen molar-refractivity contribution >= 4 is 40.1 Å². The zero-order chi connectivity index (χ0) is 23.7. The van der Waals surface area contributed by atoms with Crippen LogP contribution < -0.4 is 9.73 Å². The summed E-state index contributed by atoms with van der Waals surface area (Å²) >= 11 is -1.24. The van der Waals surface area contributed by atoms with Crippen molar-refractivity contribution in [2.75, 3.05) is 30.9 Å². The summed E-state index contributed by atoms with van der Waals surface area (Å²) in [7, 11) is 5.08. The van der Waals surface area contributed by atoms with Gasteiger partial charge in [-0.3, -0.25) is 8.61 Å². The van der Waals surface area contributed by atoms with Crippen LogP contribution in [0.4, 0.5) is 15.8 Å². The van der Waals surface area contributed by atoms with E-state index in [9.17, 15) is 13.2 Å². The Kier molecular flexibility index (Phi) is 6.66. The van der Waals surface area contributed by atoms with Crippen LogP contribution in [0.2, 0.25) is 0 Å². The Morgan fingerprint density at radius 1 is 1.12 bits per heavy atom. The van der Waals surface area contributed by atoms with Crippen LogP contribution >= 0.6 is 11.8 Å². The molecule has 2 aromatic heterocycles. The molecule has 1 unspecified atom stereocenters. The number of benzene rings is 2. The van der Waals surface area contributed by atoms with Crippen LogP contribution in [0.1, 0.15) is 5.82 Å². The van der Waals surface area contributed by atoms with Gasteiger partial charge in [0, 0.05) is 42.7 Å². The van der Waals surface area contributed by atoms with E-state index in [2.05, 4.69) is 15.5 Å². The van der Waals surface area contributed by atoms with E-state index in [1.54, 1.807) is 57.5 Å². The van der Waals surface area contributed by atoms with Gasteiger partial charge in [-0.25, -0.2) is 13.8 Å². The zero-order valence-corrected chi connectivity index (χ0v) is 20.1. The van der Waals surface area contributed by atoms with Crippen molar-refractivity contribution in [2.24, 2.45) is 0 Å². The minimum absolute atomic E-state index is 0.325. The topological polar surface area (TPSA) is 88.8 Å². The quantitative estimate of drug-likeness (QED) is 0.311. The molecule has 2 aromatic carbocycles. The number of nitrogens with zero attached hydrogens (tertiary/aromatic N) is 5. The van der Waals surface area contributed by atoms with Crippen molar-refractivity contribution < 1.29 is 13.2 Å². The monoisotopic (exact) mass is 485 g/mol. The second-order valence-electron chi connectivity index (χ2n) is 7.38. The maximum Gasteiger partial charge on any atom is 0.184 e. The largest absolute Gasteiger partial charge is 0.754 e.